The van der Waals surface area contributed by atoms with Gasteiger partial charge in [-0.1, -0.05) is 23.2 Å². The molecular formula is C12H9Cl2FN2O. The number of nitrogens with zero attached hydrogens (tertiary/aromatic N) is 1. The van der Waals surface area contributed by atoms with Gasteiger partial charge in [-0.2, -0.15) is 0 Å². The minimum absolute atomic E-state index is 0.0555. The number of hydrogen-bond acceptors (Lipinski definition) is 3. The van der Waals surface area contributed by atoms with Crippen LogP contribution in [-0.4, -0.2) is 12.1 Å². The largest absolute Gasteiger partial charge is 0.495 e. The van der Waals surface area contributed by atoms with Crippen molar-refractivity contribution in [1.82, 2.24) is 4.98 Å². The first-order valence-corrected chi connectivity index (χ1v) is 5.77. The molecule has 0 saturated carbocycles. The summed E-state index contributed by atoms with van der Waals surface area (Å²) in [4.78, 5) is 3.86. The Bertz CT molecular complexity index is 578. The van der Waals surface area contributed by atoms with Crippen molar-refractivity contribution in [3.63, 3.8) is 0 Å². The minimum atomic E-state index is -0.551. The van der Waals surface area contributed by atoms with Gasteiger partial charge in [-0.3, -0.25) is 0 Å². The minimum Gasteiger partial charge on any atom is -0.495 e. The highest BCUT2D eigenvalue weighted by Crippen LogP contribution is 2.30. The Balaban J connectivity index is 2.36. The van der Waals surface area contributed by atoms with Gasteiger partial charge in [0.1, 0.15) is 5.75 Å². The summed E-state index contributed by atoms with van der Waals surface area (Å²) < 4.78 is 18.7. The zero-order valence-corrected chi connectivity index (χ0v) is 10.9. The maximum atomic E-state index is 13.6. The zero-order valence-electron chi connectivity index (χ0n) is 9.38. The van der Waals surface area contributed by atoms with Gasteiger partial charge in [-0.15, -0.1) is 0 Å². The molecule has 2 rings (SSSR count). The molecule has 2 aromatic rings. The van der Waals surface area contributed by atoms with Crippen LogP contribution in [0.5, 0.6) is 5.75 Å². The highest BCUT2D eigenvalue weighted by molar-refractivity contribution is 6.31. The molecule has 1 N–H and O–H groups in total. The summed E-state index contributed by atoms with van der Waals surface area (Å²) in [7, 11) is 1.51. The molecule has 0 bridgehead atoms. The lowest BCUT2D eigenvalue weighted by Gasteiger charge is -2.11. The van der Waals surface area contributed by atoms with Crippen LogP contribution in [0.3, 0.4) is 0 Å². The zero-order chi connectivity index (χ0) is 13.1. The molecule has 1 aromatic heterocycles. The fraction of sp³-hybridized carbons (Fsp3) is 0.0833. The number of ether oxygens (including phenoxy) is 1. The SMILES string of the molecule is COc1ccc(Cl)cc1Nc1ncc(Cl)cc1F. The van der Waals surface area contributed by atoms with E-state index in [2.05, 4.69) is 10.3 Å². The fourth-order valence-electron chi connectivity index (χ4n) is 1.41. The van der Waals surface area contributed by atoms with Crippen LogP contribution in [0.25, 0.3) is 0 Å². The van der Waals surface area contributed by atoms with E-state index >= 15 is 0 Å². The normalized spacial score (nSPS) is 10.2. The molecule has 0 spiro atoms. The van der Waals surface area contributed by atoms with Crippen molar-refractivity contribution in [2.45, 2.75) is 0 Å². The monoisotopic (exact) mass is 286 g/mol. The summed E-state index contributed by atoms with van der Waals surface area (Å²) in [6.45, 7) is 0. The average molecular weight is 287 g/mol. The highest BCUT2D eigenvalue weighted by atomic mass is 35.5. The maximum Gasteiger partial charge on any atom is 0.167 e. The van der Waals surface area contributed by atoms with Crippen LogP contribution in [0.2, 0.25) is 10.0 Å². The van der Waals surface area contributed by atoms with Crippen LogP contribution in [0, 0.1) is 5.82 Å². The summed E-state index contributed by atoms with van der Waals surface area (Å²) in [6.07, 6.45) is 1.35. The fourth-order valence-corrected chi connectivity index (χ4v) is 1.73. The van der Waals surface area contributed by atoms with Gasteiger partial charge in [0.15, 0.2) is 11.6 Å². The number of pyridine rings is 1. The second-order valence-electron chi connectivity index (χ2n) is 3.45. The third-order valence-corrected chi connectivity index (χ3v) is 2.66. The average Bonchev–Trinajstić information content (AvgIpc) is 2.33. The van der Waals surface area contributed by atoms with E-state index in [9.17, 15) is 4.39 Å². The molecule has 0 amide bonds. The van der Waals surface area contributed by atoms with E-state index in [0.717, 1.165) is 0 Å². The lowest BCUT2D eigenvalue weighted by Crippen LogP contribution is -1.99. The lowest BCUT2D eigenvalue weighted by molar-refractivity contribution is 0.417. The van der Waals surface area contributed by atoms with Crippen molar-refractivity contribution in [3.05, 3.63) is 46.3 Å². The number of benzene rings is 1. The van der Waals surface area contributed by atoms with E-state index in [1.807, 2.05) is 0 Å². The Labute approximate surface area is 114 Å². The third kappa shape index (κ3) is 2.83. The molecule has 6 heteroatoms. The molecule has 1 heterocycles. The quantitative estimate of drug-likeness (QED) is 0.914. The predicted molar refractivity (Wildman–Crippen MR) is 70.5 cm³/mol. The standard InChI is InChI=1S/C12H9Cl2FN2O/c1-18-11-3-2-7(13)5-10(11)17-12-9(15)4-8(14)6-16-12/h2-6H,1H3,(H,16,17). The summed E-state index contributed by atoms with van der Waals surface area (Å²) in [5, 5.41) is 3.55. The number of rotatable bonds is 3. The van der Waals surface area contributed by atoms with Gasteiger partial charge >= 0.3 is 0 Å². The van der Waals surface area contributed by atoms with Crippen molar-refractivity contribution in [1.29, 1.82) is 0 Å². The Morgan fingerprint density at radius 1 is 1.22 bits per heavy atom. The third-order valence-electron chi connectivity index (χ3n) is 2.22. The first-order valence-electron chi connectivity index (χ1n) is 5.02. The number of halogens is 3. The summed E-state index contributed by atoms with van der Waals surface area (Å²) in [5.41, 5.74) is 0.527. The molecule has 0 radical (unpaired) electrons. The molecule has 18 heavy (non-hydrogen) atoms. The Morgan fingerprint density at radius 3 is 2.67 bits per heavy atom. The first-order chi connectivity index (χ1) is 8.60. The number of nitrogens with one attached hydrogen (secondary N) is 1. The highest BCUT2D eigenvalue weighted by Gasteiger charge is 2.09. The molecule has 3 nitrogen and oxygen atoms in total. The Kier molecular flexibility index (Phi) is 3.89. The number of aromatic nitrogens is 1. The van der Waals surface area contributed by atoms with Crippen LogP contribution < -0.4 is 10.1 Å². The smallest absolute Gasteiger partial charge is 0.167 e. The van der Waals surface area contributed by atoms with E-state index in [0.29, 0.717) is 16.5 Å². The van der Waals surface area contributed by atoms with E-state index < -0.39 is 5.82 Å². The van der Waals surface area contributed by atoms with Crippen molar-refractivity contribution >= 4 is 34.7 Å². The topological polar surface area (TPSA) is 34.1 Å². The first kappa shape index (κ1) is 12.9. The molecule has 0 aliphatic heterocycles. The maximum absolute atomic E-state index is 13.6. The lowest BCUT2D eigenvalue weighted by atomic mass is 10.3. The van der Waals surface area contributed by atoms with E-state index in [1.54, 1.807) is 18.2 Å². The second kappa shape index (κ2) is 5.42. The van der Waals surface area contributed by atoms with Crippen LogP contribution in [0.15, 0.2) is 30.5 Å². The second-order valence-corrected chi connectivity index (χ2v) is 4.33. The Morgan fingerprint density at radius 2 is 2.00 bits per heavy atom. The van der Waals surface area contributed by atoms with E-state index in [-0.39, 0.29) is 10.8 Å². The van der Waals surface area contributed by atoms with Crippen LogP contribution in [0.4, 0.5) is 15.9 Å². The van der Waals surface area contributed by atoms with E-state index in [1.165, 1.54) is 19.4 Å². The van der Waals surface area contributed by atoms with Gasteiger partial charge in [0, 0.05) is 11.2 Å². The van der Waals surface area contributed by atoms with E-state index in [4.69, 9.17) is 27.9 Å². The van der Waals surface area contributed by atoms with Gasteiger partial charge in [0.05, 0.1) is 17.8 Å². The van der Waals surface area contributed by atoms with Crippen molar-refractivity contribution in [2.75, 3.05) is 12.4 Å². The van der Waals surface area contributed by atoms with Crippen LogP contribution in [0.1, 0.15) is 0 Å². The van der Waals surface area contributed by atoms with Gasteiger partial charge in [0.25, 0.3) is 0 Å². The molecule has 94 valence electrons. The summed E-state index contributed by atoms with van der Waals surface area (Å²) >= 11 is 11.5. The predicted octanol–water partition coefficient (Wildman–Crippen LogP) is 4.28. The summed E-state index contributed by atoms with van der Waals surface area (Å²) in [5.74, 6) is 0.0417. The number of hydrogen-bond donors (Lipinski definition) is 1. The molecule has 0 atom stereocenters. The molecular weight excluding hydrogens is 278 g/mol. The Hall–Kier alpha value is -1.52. The molecule has 0 unspecified atom stereocenters. The van der Waals surface area contributed by atoms with Crippen LogP contribution in [-0.2, 0) is 0 Å². The number of methoxy groups -OCH3 is 1. The van der Waals surface area contributed by atoms with Crippen molar-refractivity contribution in [2.24, 2.45) is 0 Å². The van der Waals surface area contributed by atoms with Gasteiger partial charge < -0.3 is 10.1 Å². The molecule has 1 aromatic carbocycles. The van der Waals surface area contributed by atoms with Crippen molar-refractivity contribution < 1.29 is 9.13 Å². The van der Waals surface area contributed by atoms with Crippen molar-refractivity contribution in [3.8, 4) is 5.75 Å². The molecule has 0 aliphatic carbocycles. The van der Waals surface area contributed by atoms with Gasteiger partial charge in [-0.25, -0.2) is 9.37 Å². The van der Waals surface area contributed by atoms with Gasteiger partial charge in [0.2, 0.25) is 0 Å². The van der Waals surface area contributed by atoms with Crippen LogP contribution >= 0.6 is 23.2 Å². The molecule has 0 saturated heterocycles. The molecule has 0 fully saturated rings. The molecule has 0 aliphatic rings. The van der Waals surface area contributed by atoms with Gasteiger partial charge in [-0.05, 0) is 24.3 Å². The number of anilines is 2. The summed E-state index contributed by atoms with van der Waals surface area (Å²) in [6, 6.07) is 6.15.